The zero-order valence-electron chi connectivity index (χ0n) is 16.8. The van der Waals surface area contributed by atoms with E-state index < -0.39 is 0 Å². The molecule has 1 aromatic carbocycles. The zero-order chi connectivity index (χ0) is 19.7. The molecule has 0 N–H and O–H groups in total. The van der Waals surface area contributed by atoms with Crippen molar-refractivity contribution in [2.75, 3.05) is 19.7 Å². The van der Waals surface area contributed by atoms with E-state index in [1.54, 1.807) is 4.80 Å². The van der Waals surface area contributed by atoms with Gasteiger partial charge in [-0.3, -0.25) is 4.90 Å². The van der Waals surface area contributed by atoms with Gasteiger partial charge in [-0.25, -0.2) is 0 Å². The summed E-state index contributed by atoms with van der Waals surface area (Å²) in [6, 6.07) is 14.4. The number of aromatic nitrogens is 4. The van der Waals surface area contributed by atoms with E-state index in [1.807, 2.05) is 41.7 Å². The number of nitrogens with zero attached hydrogens (tertiary/aromatic N) is 5. The lowest BCUT2D eigenvalue weighted by atomic mass is 10.2. The molecule has 1 atom stereocenters. The van der Waals surface area contributed by atoms with Crippen LogP contribution in [0.5, 0.6) is 0 Å². The van der Waals surface area contributed by atoms with E-state index in [4.69, 9.17) is 4.74 Å². The largest absolute Gasteiger partial charge is 0.377 e. The summed E-state index contributed by atoms with van der Waals surface area (Å²) >= 11 is 1.84. The average molecular weight is 412 g/mol. The topological polar surface area (TPSA) is 56.1 Å². The van der Waals surface area contributed by atoms with Crippen LogP contribution in [0.4, 0.5) is 0 Å². The summed E-state index contributed by atoms with van der Waals surface area (Å²) in [6.07, 6.45) is 6.21. The van der Waals surface area contributed by atoms with Gasteiger partial charge in [-0.1, -0.05) is 42.8 Å². The second-order valence-electron chi connectivity index (χ2n) is 7.59. The molecule has 1 saturated heterocycles. The summed E-state index contributed by atoms with van der Waals surface area (Å²) in [7, 11) is 0. The van der Waals surface area contributed by atoms with Crippen molar-refractivity contribution >= 4 is 11.3 Å². The molecule has 2 aromatic heterocycles. The van der Waals surface area contributed by atoms with Gasteiger partial charge in [-0.2, -0.15) is 4.80 Å². The summed E-state index contributed by atoms with van der Waals surface area (Å²) in [4.78, 5) is 5.71. The van der Waals surface area contributed by atoms with E-state index in [2.05, 4.69) is 37.8 Å². The highest BCUT2D eigenvalue weighted by molar-refractivity contribution is 7.09. The van der Waals surface area contributed by atoms with Gasteiger partial charge in [0.05, 0.1) is 12.6 Å². The van der Waals surface area contributed by atoms with Crippen LogP contribution in [0.15, 0.2) is 47.8 Å². The number of aryl methyl sites for hydroxylation is 1. The molecule has 7 heteroatoms. The van der Waals surface area contributed by atoms with Crippen molar-refractivity contribution in [2.45, 2.75) is 51.3 Å². The minimum Gasteiger partial charge on any atom is -0.377 e. The minimum absolute atomic E-state index is 0.408. The summed E-state index contributed by atoms with van der Waals surface area (Å²) in [5, 5.41) is 15.0. The van der Waals surface area contributed by atoms with Gasteiger partial charge in [0.1, 0.15) is 0 Å². The monoisotopic (exact) mass is 411 g/mol. The van der Waals surface area contributed by atoms with Crippen LogP contribution < -0.4 is 0 Å². The van der Waals surface area contributed by atoms with Gasteiger partial charge in [-0.15, -0.1) is 21.5 Å². The van der Waals surface area contributed by atoms with Gasteiger partial charge < -0.3 is 4.74 Å². The predicted molar refractivity (Wildman–Crippen MR) is 116 cm³/mol. The van der Waals surface area contributed by atoms with Crippen LogP contribution in [0.1, 0.15) is 37.0 Å². The molecule has 0 amide bonds. The third-order valence-corrected chi connectivity index (χ3v) is 6.12. The van der Waals surface area contributed by atoms with Gasteiger partial charge in [0.25, 0.3) is 0 Å². The van der Waals surface area contributed by atoms with E-state index in [0.29, 0.717) is 11.9 Å². The Bertz CT molecular complexity index is 830. The average Bonchev–Trinajstić information content (AvgIpc) is 3.52. The number of ether oxygens (including phenoxy) is 1. The van der Waals surface area contributed by atoms with Crippen molar-refractivity contribution in [1.82, 2.24) is 25.1 Å². The molecule has 0 aliphatic carbocycles. The van der Waals surface area contributed by atoms with Crippen LogP contribution >= 0.6 is 11.3 Å². The van der Waals surface area contributed by atoms with Crippen LogP contribution in [0.25, 0.3) is 11.4 Å². The van der Waals surface area contributed by atoms with Crippen molar-refractivity contribution in [3.8, 4) is 11.4 Å². The SMILES string of the molecule is c1ccc(-c2nnn(CCCCCN(Cc3cccs3)CC3CCCO3)n2)cc1. The van der Waals surface area contributed by atoms with Crippen LogP contribution in [0, 0.1) is 0 Å². The van der Waals surface area contributed by atoms with Crippen LogP contribution in [0.3, 0.4) is 0 Å². The summed E-state index contributed by atoms with van der Waals surface area (Å²) in [5.74, 6) is 0.698. The molecule has 3 aromatic rings. The van der Waals surface area contributed by atoms with Crippen molar-refractivity contribution < 1.29 is 4.74 Å². The molecule has 1 unspecified atom stereocenters. The fourth-order valence-electron chi connectivity index (χ4n) is 3.74. The maximum absolute atomic E-state index is 5.86. The van der Waals surface area contributed by atoms with Gasteiger partial charge >= 0.3 is 0 Å². The van der Waals surface area contributed by atoms with Crippen LogP contribution in [-0.4, -0.2) is 50.9 Å². The Labute approximate surface area is 176 Å². The van der Waals surface area contributed by atoms with Crippen molar-refractivity contribution in [1.29, 1.82) is 0 Å². The molecular weight excluding hydrogens is 382 g/mol. The Balaban J connectivity index is 1.20. The molecule has 1 aliphatic rings. The van der Waals surface area contributed by atoms with Crippen LogP contribution in [-0.2, 0) is 17.8 Å². The molecule has 0 bridgehead atoms. The first-order valence-corrected chi connectivity index (χ1v) is 11.4. The number of rotatable bonds is 11. The highest BCUT2D eigenvalue weighted by atomic mass is 32.1. The first kappa shape index (κ1) is 20.2. The van der Waals surface area contributed by atoms with Gasteiger partial charge in [0.2, 0.25) is 5.82 Å². The highest BCUT2D eigenvalue weighted by Crippen LogP contribution is 2.18. The number of unbranched alkanes of at least 4 members (excludes halogenated alkanes) is 2. The quantitative estimate of drug-likeness (QED) is 0.442. The highest BCUT2D eigenvalue weighted by Gasteiger charge is 2.19. The van der Waals surface area contributed by atoms with Crippen molar-refractivity contribution in [3.05, 3.63) is 52.7 Å². The van der Waals surface area contributed by atoms with E-state index in [9.17, 15) is 0 Å². The molecule has 0 radical (unpaired) electrons. The normalized spacial score (nSPS) is 16.7. The molecule has 1 aliphatic heterocycles. The maximum atomic E-state index is 5.86. The Kier molecular flexibility index (Phi) is 7.39. The van der Waals surface area contributed by atoms with E-state index >= 15 is 0 Å². The molecule has 0 saturated carbocycles. The molecule has 6 nitrogen and oxygen atoms in total. The Morgan fingerprint density at radius 2 is 2.03 bits per heavy atom. The third kappa shape index (κ3) is 6.19. The molecule has 154 valence electrons. The Morgan fingerprint density at radius 3 is 2.83 bits per heavy atom. The fraction of sp³-hybridized carbons (Fsp3) is 0.500. The Morgan fingerprint density at radius 1 is 1.10 bits per heavy atom. The third-order valence-electron chi connectivity index (χ3n) is 5.26. The van der Waals surface area contributed by atoms with E-state index in [0.717, 1.165) is 51.2 Å². The zero-order valence-corrected chi connectivity index (χ0v) is 17.6. The minimum atomic E-state index is 0.408. The number of hydrogen-bond donors (Lipinski definition) is 0. The van der Waals surface area contributed by atoms with E-state index in [-0.39, 0.29) is 0 Å². The number of benzene rings is 1. The molecule has 4 rings (SSSR count). The first-order valence-electron chi connectivity index (χ1n) is 10.6. The molecular formula is C22H29N5OS. The fourth-order valence-corrected chi connectivity index (χ4v) is 4.49. The van der Waals surface area contributed by atoms with Gasteiger partial charge in [0, 0.05) is 30.1 Å². The van der Waals surface area contributed by atoms with Crippen molar-refractivity contribution in [2.24, 2.45) is 0 Å². The first-order chi connectivity index (χ1) is 14.4. The summed E-state index contributed by atoms with van der Waals surface area (Å²) in [6.45, 7) is 4.92. The number of thiophene rings is 1. The van der Waals surface area contributed by atoms with Crippen molar-refractivity contribution in [3.63, 3.8) is 0 Å². The number of tetrazole rings is 1. The van der Waals surface area contributed by atoms with Gasteiger partial charge in [-0.05, 0) is 48.9 Å². The number of hydrogen-bond acceptors (Lipinski definition) is 6. The molecule has 0 spiro atoms. The molecule has 1 fully saturated rings. The van der Waals surface area contributed by atoms with Crippen LogP contribution in [0.2, 0.25) is 0 Å². The summed E-state index contributed by atoms with van der Waals surface area (Å²) in [5.41, 5.74) is 1.01. The lowest BCUT2D eigenvalue weighted by Crippen LogP contribution is -2.32. The standard InChI is InChI=1S/C22H29N5OS/c1-3-9-19(10-4-1)22-23-25-27(24-22)14-6-2-5-13-26(17-20-11-7-15-28-20)18-21-12-8-16-29-21/h1,3-4,8-10,12,16,20H,2,5-7,11,13-15,17-18H2. The smallest absolute Gasteiger partial charge is 0.204 e. The summed E-state index contributed by atoms with van der Waals surface area (Å²) < 4.78 is 5.86. The lowest BCUT2D eigenvalue weighted by molar-refractivity contribution is 0.0702. The van der Waals surface area contributed by atoms with E-state index in [1.165, 1.54) is 24.1 Å². The lowest BCUT2D eigenvalue weighted by Gasteiger charge is -2.24. The van der Waals surface area contributed by atoms with Gasteiger partial charge in [0.15, 0.2) is 0 Å². The molecule has 3 heterocycles. The Hall–Kier alpha value is -2.09. The maximum Gasteiger partial charge on any atom is 0.204 e. The second kappa shape index (κ2) is 10.6. The molecule has 29 heavy (non-hydrogen) atoms. The predicted octanol–water partition coefficient (Wildman–Crippen LogP) is 4.25. The second-order valence-corrected chi connectivity index (χ2v) is 8.62.